The van der Waals surface area contributed by atoms with Gasteiger partial charge in [-0.05, 0) is 42.4 Å². The molecule has 1 heterocycles. The molecule has 1 aromatic heterocycles. The van der Waals surface area contributed by atoms with E-state index >= 15 is 0 Å². The van der Waals surface area contributed by atoms with E-state index in [1.165, 1.54) is 0 Å². The number of amides is 2. The molecule has 0 bridgehead atoms. The van der Waals surface area contributed by atoms with Gasteiger partial charge >= 0.3 is 0 Å². The molecule has 0 saturated heterocycles. The minimum atomic E-state index is -0.268. The van der Waals surface area contributed by atoms with Crippen LogP contribution in [-0.2, 0) is 11.3 Å². The summed E-state index contributed by atoms with van der Waals surface area (Å²) in [6.45, 7) is 4.19. The van der Waals surface area contributed by atoms with Crippen LogP contribution in [-0.4, -0.2) is 16.9 Å². The molecule has 6 nitrogen and oxygen atoms in total. The molecule has 2 aromatic rings. The van der Waals surface area contributed by atoms with Crippen molar-refractivity contribution >= 4 is 34.8 Å². The third kappa shape index (κ3) is 6.04. The van der Waals surface area contributed by atoms with Crippen LogP contribution in [0.2, 0.25) is 0 Å². The molecule has 2 amide bonds. The topological polar surface area (TPSA) is 83.4 Å². The lowest BCUT2D eigenvalue weighted by Crippen LogP contribution is -2.35. The molecule has 0 aliphatic rings. The van der Waals surface area contributed by atoms with Gasteiger partial charge in [-0.25, -0.2) is 0 Å². The predicted octanol–water partition coefficient (Wildman–Crippen LogP) is 3.07. The van der Waals surface area contributed by atoms with Gasteiger partial charge in [0.05, 0.1) is 24.1 Å². The van der Waals surface area contributed by atoms with E-state index in [1.807, 2.05) is 13.8 Å². The first kappa shape index (κ1) is 18.7. The Kier molecular flexibility index (Phi) is 6.71. The maximum atomic E-state index is 12.4. The fraction of sp³-hybridized carbons (Fsp3) is 0.278. The number of para-hydroxylation sites is 1. The van der Waals surface area contributed by atoms with Gasteiger partial charge < -0.3 is 20.4 Å². The van der Waals surface area contributed by atoms with Gasteiger partial charge in [0.25, 0.3) is 5.91 Å². The Morgan fingerprint density at radius 2 is 1.92 bits per heavy atom. The quantitative estimate of drug-likeness (QED) is 0.691. The monoisotopic (exact) mass is 359 g/mol. The van der Waals surface area contributed by atoms with E-state index in [4.69, 9.17) is 16.6 Å². The highest BCUT2D eigenvalue weighted by atomic mass is 32.1. The summed E-state index contributed by atoms with van der Waals surface area (Å²) >= 11 is 5.15. The Labute approximate surface area is 152 Å². The molecule has 2 rings (SSSR count). The molecule has 1 aromatic carbocycles. The van der Waals surface area contributed by atoms with Crippen LogP contribution in [0.15, 0.2) is 47.1 Å². The van der Waals surface area contributed by atoms with Crippen LogP contribution in [0.1, 0.15) is 36.4 Å². The van der Waals surface area contributed by atoms with Gasteiger partial charge in [0.1, 0.15) is 5.76 Å². The van der Waals surface area contributed by atoms with Gasteiger partial charge in [0, 0.05) is 6.42 Å². The number of carbonyl (C=O) groups is 2. The highest BCUT2D eigenvalue weighted by Crippen LogP contribution is 2.15. The van der Waals surface area contributed by atoms with Gasteiger partial charge in [0.2, 0.25) is 5.91 Å². The maximum absolute atomic E-state index is 12.4. The average Bonchev–Trinajstić information content (AvgIpc) is 3.05. The van der Waals surface area contributed by atoms with E-state index in [1.54, 1.807) is 42.7 Å². The first-order valence-electron chi connectivity index (χ1n) is 7.96. The third-order valence-electron chi connectivity index (χ3n) is 3.27. The van der Waals surface area contributed by atoms with Crippen molar-refractivity contribution in [3.05, 3.63) is 54.0 Å². The van der Waals surface area contributed by atoms with Crippen LogP contribution in [0, 0.1) is 5.92 Å². The van der Waals surface area contributed by atoms with Crippen molar-refractivity contribution in [2.45, 2.75) is 26.8 Å². The molecule has 0 saturated carbocycles. The minimum Gasteiger partial charge on any atom is -0.467 e. The first-order valence-corrected chi connectivity index (χ1v) is 8.37. The lowest BCUT2D eigenvalue weighted by Gasteiger charge is -2.14. The van der Waals surface area contributed by atoms with Gasteiger partial charge in [-0.2, -0.15) is 0 Å². The van der Waals surface area contributed by atoms with Gasteiger partial charge in [-0.1, -0.05) is 26.0 Å². The number of nitrogens with one attached hydrogen (secondary N) is 3. The van der Waals surface area contributed by atoms with E-state index in [0.29, 0.717) is 23.4 Å². The van der Waals surface area contributed by atoms with E-state index in [9.17, 15) is 9.59 Å². The number of benzene rings is 1. The summed E-state index contributed by atoms with van der Waals surface area (Å²) in [7, 11) is 0. The second-order valence-corrected chi connectivity index (χ2v) is 6.32. The third-order valence-corrected chi connectivity index (χ3v) is 3.47. The number of anilines is 1. The molecule has 0 aliphatic carbocycles. The van der Waals surface area contributed by atoms with Crippen molar-refractivity contribution in [1.29, 1.82) is 0 Å². The standard InChI is InChI=1S/C18H21N3O3S/c1-12(2)10-16(22)21-18(25)20-15-8-4-3-7-14(15)17(23)19-11-13-6-5-9-24-13/h3-9,12H,10-11H2,1-2H3,(H,19,23)(H2,20,21,22,25). The molecular weight excluding hydrogens is 338 g/mol. The summed E-state index contributed by atoms with van der Waals surface area (Å²) in [5.74, 6) is 0.473. The van der Waals surface area contributed by atoms with Gasteiger partial charge in [-0.3, -0.25) is 9.59 Å². The van der Waals surface area contributed by atoms with Crippen LogP contribution in [0.3, 0.4) is 0 Å². The number of carbonyl (C=O) groups excluding carboxylic acids is 2. The second kappa shape index (κ2) is 8.98. The number of thiocarbonyl (C=S) groups is 1. The highest BCUT2D eigenvalue weighted by molar-refractivity contribution is 7.80. The molecule has 0 unspecified atom stereocenters. The maximum Gasteiger partial charge on any atom is 0.253 e. The molecule has 3 N–H and O–H groups in total. The van der Waals surface area contributed by atoms with Crippen LogP contribution in [0.5, 0.6) is 0 Å². The Morgan fingerprint density at radius 3 is 2.60 bits per heavy atom. The van der Waals surface area contributed by atoms with Crippen molar-refractivity contribution in [1.82, 2.24) is 10.6 Å². The van der Waals surface area contributed by atoms with Crippen molar-refractivity contribution in [3.63, 3.8) is 0 Å². The lowest BCUT2D eigenvalue weighted by atomic mass is 10.1. The molecule has 0 fully saturated rings. The molecular formula is C18H21N3O3S. The zero-order valence-electron chi connectivity index (χ0n) is 14.2. The molecule has 0 spiro atoms. The van der Waals surface area contributed by atoms with E-state index in [2.05, 4.69) is 16.0 Å². The molecule has 7 heteroatoms. The number of hydrogen-bond donors (Lipinski definition) is 3. The Morgan fingerprint density at radius 1 is 1.16 bits per heavy atom. The van der Waals surface area contributed by atoms with E-state index < -0.39 is 0 Å². The van der Waals surface area contributed by atoms with Crippen LogP contribution >= 0.6 is 12.2 Å². The average molecular weight is 359 g/mol. The van der Waals surface area contributed by atoms with E-state index in [0.717, 1.165) is 0 Å². The fourth-order valence-corrected chi connectivity index (χ4v) is 2.39. The van der Waals surface area contributed by atoms with Gasteiger partial charge in [-0.15, -0.1) is 0 Å². The molecule has 132 valence electrons. The second-order valence-electron chi connectivity index (χ2n) is 5.91. The van der Waals surface area contributed by atoms with Crippen LogP contribution < -0.4 is 16.0 Å². The molecule has 25 heavy (non-hydrogen) atoms. The van der Waals surface area contributed by atoms with Crippen molar-refractivity contribution in [2.24, 2.45) is 5.92 Å². The van der Waals surface area contributed by atoms with Crippen molar-refractivity contribution < 1.29 is 14.0 Å². The Hall–Kier alpha value is -2.67. The molecule has 0 atom stereocenters. The summed E-state index contributed by atoms with van der Waals surface area (Å²) < 4.78 is 5.19. The largest absolute Gasteiger partial charge is 0.467 e. The summed E-state index contributed by atoms with van der Waals surface area (Å²) in [6.07, 6.45) is 1.93. The van der Waals surface area contributed by atoms with Crippen LogP contribution in [0.4, 0.5) is 5.69 Å². The zero-order chi connectivity index (χ0) is 18.2. The van der Waals surface area contributed by atoms with Crippen molar-refractivity contribution in [2.75, 3.05) is 5.32 Å². The Balaban J connectivity index is 1.98. The van der Waals surface area contributed by atoms with E-state index in [-0.39, 0.29) is 29.4 Å². The fourth-order valence-electron chi connectivity index (χ4n) is 2.17. The number of hydrogen-bond acceptors (Lipinski definition) is 4. The summed E-state index contributed by atoms with van der Waals surface area (Å²) in [6, 6.07) is 10.5. The molecule has 0 aliphatic heterocycles. The normalized spacial score (nSPS) is 10.4. The number of furan rings is 1. The smallest absolute Gasteiger partial charge is 0.253 e. The van der Waals surface area contributed by atoms with Crippen LogP contribution in [0.25, 0.3) is 0 Å². The zero-order valence-corrected chi connectivity index (χ0v) is 15.0. The highest BCUT2D eigenvalue weighted by Gasteiger charge is 2.13. The summed E-state index contributed by atoms with van der Waals surface area (Å²) in [4.78, 5) is 24.2. The SMILES string of the molecule is CC(C)CC(=O)NC(=S)Nc1ccccc1C(=O)NCc1ccco1. The summed E-state index contributed by atoms with van der Waals surface area (Å²) in [5.41, 5.74) is 0.948. The lowest BCUT2D eigenvalue weighted by molar-refractivity contribution is -0.120. The number of rotatable bonds is 6. The predicted molar refractivity (Wildman–Crippen MR) is 100 cm³/mol. The summed E-state index contributed by atoms with van der Waals surface area (Å²) in [5, 5.41) is 8.46. The Bertz CT molecular complexity index is 742. The van der Waals surface area contributed by atoms with Crippen molar-refractivity contribution in [3.8, 4) is 0 Å². The first-order chi connectivity index (χ1) is 12.0. The van der Waals surface area contributed by atoms with Gasteiger partial charge in [0.15, 0.2) is 5.11 Å². The minimum absolute atomic E-state index is 0.160. The molecule has 0 radical (unpaired) electrons.